The van der Waals surface area contributed by atoms with Crippen LogP contribution >= 0.6 is 0 Å². The highest BCUT2D eigenvalue weighted by molar-refractivity contribution is 6.09. The van der Waals surface area contributed by atoms with Gasteiger partial charge in [-0.2, -0.15) is 0 Å². The molecule has 1 heteroatoms. The predicted octanol–water partition coefficient (Wildman–Crippen LogP) is 13.1. The summed E-state index contributed by atoms with van der Waals surface area (Å²) in [5, 5.41) is 0. The Hall–Kier alpha value is -5.40. The molecule has 0 N–H and O–H groups in total. The molecule has 0 spiro atoms. The maximum Gasteiger partial charge on any atom is 0.0465 e. The number of anilines is 3. The van der Waals surface area contributed by atoms with Crippen molar-refractivity contribution >= 4 is 40.4 Å². The summed E-state index contributed by atoms with van der Waals surface area (Å²) in [5.41, 5.74) is 20.0. The first-order valence-electron chi connectivity index (χ1n) is 17.9. The zero-order valence-corrected chi connectivity index (χ0v) is 29.9. The molecule has 6 aromatic rings. The Balaban J connectivity index is 1.04. The van der Waals surface area contributed by atoms with Crippen molar-refractivity contribution in [3.8, 4) is 11.1 Å². The number of nitrogens with zero attached hydrogens (tertiary/aromatic N) is 1. The van der Waals surface area contributed by atoms with E-state index in [2.05, 4.69) is 198 Å². The van der Waals surface area contributed by atoms with Crippen LogP contribution in [0.3, 0.4) is 0 Å². The van der Waals surface area contributed by atoms with Crippen molar-refractivity contribution in [1.29, 1.82) is 0 Å². The molecule has 0 amide bonds. The normalized spacial score (nSPS) is 16.9. The van der Waals surface area contributed by atoms with Gasteiger partial charge >= 0.3 is 0 Å². The van der Waals surface area contributed by atoms with Crippen LogP contribution in [0, 0.1) is 0 Å². The molecule has 0 saturated carbocycles. The summed E-state index contributed by atoms with van der Waals surface area (Å²) in [4.78, 5) is 2.36. The third kappa shape index (κ3) is 4.39. The minimum atomic E-state index is -0.128. The molecule has 244 valence electrons. The van der Waals surface area contributed by atoms with Gasteiger partial charge in [-0.15, -0.1) is 0 Å². The van der Waals surface area contributed by atoms with Gasteiger partial charge in [0.25, 0.3) is 0 Å². The summed E-state index contributed by atoms with van der Waals surface area (Å²) < 4.78 is 0. The van der Waals surface area contributed by atoms with Crippen LogP contribution in [0.15, 0.2) is 140 Å². The standard InChI is InChI=1S/C49H43N/c1-47(2)42-29-32(21-22-33-24-27-40-43(30-33)49(5,6)45-39-19-13-14-20-41(39)48(3,4)46(40)45)23-26-37(42)38-28-25-36(31-44(38)47)50(34-15-9-7-10-16-34)35-17-11-8-12-18-35/h7-31H,1-6H3/b22-21+. The van der Waals surface area contributed by atoms with E-state index in [9.17, 15) is 0 Å². The molecular weight excluding hydrogens is 603 g/mol. The van der Waals surface area contributed by atoms with E-state index in [1.54, 1.807) is 0 Å². The number of hydrogen-bond acceptors (Lipinski definition) is 1. The Labute approximate surface area is 297 Å². The Kier molecular flexibility index (Phi) is 6.62. The minimum Gasteiger partial charge on any atom is -0.310 e. The molecule has 50 heavy (non-hydrogen) atoms. The highest BCUT2D eigenvalue weighted by atomic mass is 15.1. The topological polar surface area (TPSA) is 3.24 Å². The molecule has 0 heterocycles. The van der Waals surface area contributed by atoms with Crippen molar-refractivity contribution in [2.75, 3.05) is 4.90 Å². The molecule has 0 unspecified atom stereocenters. The van der Waals surface area contributed by atoms with Crippen molar-refractivity contribution in [1.82, 2.24) is 0 Å². The molecule has 0 fully saturated rings. The van der Waals surface area contributed by atoms with Gasteiger partial charge in [0.05, 0.1) is 0 Å². The molecule has 3 aliphatic rings. The summed E-state index contributed by atoms with van der Waals surface area (Å²) in [7, 11) is 0. The fraction of sp³-hybridized carbons (Fsp3) is 0.184. The van der Waals surface area contributed by atoms with Crippen LogP contribution in [0.5, 0.6) is 0 Å². The molecule has 1 nitrogen and oxygen atoms in total. The number of rotatable bonds is 5. The number of allylic oxidation sites excluding steroid dienone is 2. The molecule has 0 radical (unpaired) electrons. The van der Waals surface area contributed by atoms with Gasteiger partial charge in [-0.1, -0.05) is 157 Å². The molecule has 9 rings (SSSR count). The second-order valence-electron chi connectivity index (χ2n) is 15.9. The number of fused-ring (bicyclic) bond motifs is 7. The molecule has 0 aliphatic heterocycles. The van der Waals surface area contributed by atoms with Gasteiger partial charge in [0.15, 0.2) is 0 Å². The van der Waals surface area contributed by atoms with E-state index in [0.717, 1.165) is 11.4 Å². The molecule has 0 aromatic heterocycles. The third-order valence-electron chi connectivity index (χ3n) is 11.8. The minimum absolute atomic E-state index is 0.00272. The largest absolute Gasteiger partial charge is 0.310 e. The molecule has 0 bridgehead atoms. The van der Waals surface area contributed by atoms with Gasteiger partial charge in [-0.3, -0.25) is 0 Å². The zero-order valence-electron chi connectivity index (χ0n) is 29.9. The molecule has 6 aromatic carbocycles. The quantitative estimate of drug-likeness (QED) is 0.169. The van der Waals surface area contributed by atoms with Gasteiger partial charge in [-0.05, 0) is 103 Å². The Morgan fingerprint density at radius 1 is 0.360 bits per heavy atom. The predicted molar refractivity (Wildman–Crippen MR) is 213 cm³/mol. The van der Waals surface area contributed by atoms with E-state index in [1.807, 2.05) is 0 Å². The average Bonchev–Trinajstić information content (AvgIpc) is 3.62. The van der Waals surface area contributed by atoms with Crippen LogP contribution in [0.4, 0.5) is 17.1 Å². The summed E-state index contributed by atoms with van der Waals surface area (Å²) >= 11 is 0. The zero-order chi connectivity index (χ0) is 34.4. The number of para-hydroxylation sites is 2. The lowest BCUT2D eigenvalue weighted by molar-refractivity contribution is 0.660. The molecule has 3 aliphatic carbocycles. The lowest BCUT2D eigenvalue weighted by Crippen LogP contribution is -2.19. The van der Waals surface area contributed by atoms with E-state index in [0.29, 0.717) is 0 Å². The third-order valence-corrected chi connectivity index (χ3v) is 11.8. The van der Waals surface area contributed by atoms with Crippen molar-refractivity contribution in [3.63, 3.8) is 0 Å². The highest BCUT2D eigenvalue weighted by Gasteiger charge is 2.49. The Morgan fingerprint density at radius 2 is 0.800 bits per heavy atom. The van der Waals surface area contributed by atoms with Crippen LogP contribution in [0.1, 0.15) is 86.1 Å². The van der Waals surface area contributed by atoms with Crippen molar-refractivity contribution in [2.24, 2.45) is 0 Å². The maximum atomic E-state index is 2.43. The van der Waals surface area contributed by atoms with Gasteiger partial charge in [0.2, 0.25) is 0 Å². The first kappa shape index (κ1) is 30.6. The summed E-state index contributed by atoms with van der Waals surface area (Å²) in [5.74, 6) is 0. The van der Waals surface area contributed by atoms with Crippen molar-refractivity contribution in [2.45, 2.75) is 57.8 Å². The first-order chi connectivity index (χ1) is 24.1. The SMILES string of the molecule is CC1(C)C2=C(c3ccccc31)C(C)(C)c1cc(/C=C/c3ccc4c(c3)C(C)(C)c3cc(N(c5ccccc5)c5ccccc5)ccc3-4)ccc12. The lowest BCUT2D eigenvalue weighted by atomic mass is 9.75. The maximum absolute atomic E-state index is 2.43. The van der Waals surface area contributed by atoms with Crippen LogP contribution in [-0.2, 0) is 16.2 Å². The van der Waals surface area contributed by atoms with Crippen molar-refractivity contribution in [3.05, 3.63) is 184 Å². The fourth-order valence-corrected chi connectivity index (χ4v) is 9.26. The Bertz CT molecular complexity index is 2340. The fourth-order valence-electron chi connectivity index (χ4n) is 9.26. The van der Waals surface area contributed by atoms with Crippen LogP contribution in [0.2, 0.25) is 0 Å². The average molecular weight is 646 g/mol. The molecule has 0 atom stereocenters. The second-order valence-corrected chi connectivity index (χ2v) is 15.9. The highest BCUT2D eigenvalue weighted by Crippen LogP contribution is 2.62. The summed E-state index contributed by atoms with van der Waals surface area (Å²) in [6.45, 7) is 14.3. The molecular formula is C49H43N. The van der Waals surface area contributed by atoms with Gasteiger partial charge < -0.3 is 4.90 Å². The van der Waals surface area contributed by atoms with E-state index >= 15 is 0 Å². The van der Waals surface area contributed by atoms with Crippen LogP contribution in [-0.4, -0.2) is 0 Å². The van der Waals surface area contributed by atoms with Gasteiger partial charge in [-0.25, -0.2) is 0 Å². The Morgan fingerprint density at radius 3 is 1.40 bits per heavy atom. The van der Waals surface area contributed by atoms with Gasteiger partial charge in [0.1, 0.15) is 0 Å². The summed E-state index contributed by atoms with van der Waals surface area (Å²) in [6.07, 6.45) is 4.59. The van der Waals surface area contributed by atoms with E-state index in [4.69, 9.17) is 0 Å². The van der Waals surface area contributed by atoms with Crippen LogP contribution in [0.25, 0.3) is 34.4 Å². The molecule has 0 saturated heterocycles. The summed E-state index contributed by atoms with van der Waals surface area (Å²) in [6, 6.07) is 51.5. The number of benzene rings is 6. The van der Waals surface area contributed by atoms with Crippen molar-refractivity contribution < 1.29 is 0 Å². The monoisotopic (exact) mass is 645 g/mol. The van der Waals surface area contributed by atoms with E-state index in [-0.39, 0.29) is 16.2 Å². The van der Waals surface area contributed by atoms with Gasteiger partial charge in [0, 0.05) is 33.3 Å². The second kappa shape index (κ2) is 10.8. The van der Waals surface area contributed by atoms with Crippen LogP contribution < -0.4 is 4.90 Å². The van der Waals surface area contributed by atoms with E-state index < -0.39 is 0 Å². The first-order valence-corrected chi connectivity index (χ1v) is 17.9. The number of hydrogen-bond donors (Lipinski definition) is 0. The van der Waals surface area contributed by atoms with E-state index in [1.165, 1.54) is 72.5 Å². The lowest BCUT2D eigenvalue weighted by Gasteiger charge is -2.28. The smallest absolute Gasteiger partial charge is 0.0465 e.